The summed E-state index contributed by atoms with van der Waals surface area (Å²) in [6.07, 6.45) is 7.06. The van der Waals surface area contributed by atoms with Crippen LogP contribution in [0.2, 0.25) is 0 Å². The van der Waals surface area contributed by atoms with Crippen molar-refractivity contribution in [2.24, 2.45) is 0 Å². The molecule has 1 aliphatic rings. The lowest BCUT2D eigenvalue weighted by atomic mass is 9.98. The Morgan fingerprint density at radius 2 is 1.75 bits per heavy atom. The molecule has 0 bridgehead atoms. The molecule has 28 heavy (non-hydrogen) atoms. The van der Waals surface area contributed by atoms with Crippen LogP contribution in [0.3, 0.4) is 0 Å². The van der Waals surface area contributed by atoms with E-state index in [4.69, 9.17) is 4.74 Å². The van der Waals surface area contributed by atoms with Crippen LogP contribution in [0.25, 0.3) is 0 Å². The summed E-state index contributed by atoms with van der Waals surface area (Å²) < 4.78 is 5.89. The van der Waals surface area contributed by atoms with E-state index in [1.54, 1.807) is 24.3 Å². The molecule has 1 aliphatic heterocycles. The summed E-state index contributed by atoms with van der Waals surface area (Å²) in [5, 5.41) is 30.5. The van der Waals surface area contributed by atoms with Gasteiger partial charge >= 0.3 is 0 Å². The molecular formula is C24H28O4. The summed E-state index contributed by atoms with van der Waals surface area (Å²) >= 11 is 0. The van der Waals surface area contributed by atoms with Gasteiger partial charge in [0.05, 0.1) is 0 Å². The summed E-state index contributed by atoms with van der Waals surface area (Å²) in [6.45, 7) is 6.25. The largest absolute Gasteiger partial charge is 0.508 e. The number of hydrogen-bond donors (Lipinski definition) is 3. The van der Waals surface area contributed by atoms with Gasteiger partial charge in [-0.05, 0) is 69.4 Å². The van der Waals surface area contributed by atoms with Crippen molar-refractivity contribution in [2.45, 2.75) is 52.6 Å². The Labute approximate surface area is 166 Å². The van der Waals surface area contributed by atoms with Crippen molar-refractivity contribution in [3.05, 3.63) is 70.3 Å². The summed E-state index contributed by atoms with van der Waals surface area (Å²) in [4.78, 5) is 0. The molecule has 0 fully saturated rings. The van der Waals surface area contributed by atoms with Gasteiger partial charge in [0.1, 0.15) is 29.1 Å². The van der Waals surface area contributed by atoms with Gasteiger partial charge in [-0.1, -0.05) is 29.4 Å². The van der Waals surface area contributed by atoms with Crippen LogP contribution >= 0.6 is 0 Å². The molecule has 0 radical (unpaired) electrons. The maximum atomic E-state index is 10.5. The van der Waals surface area contributed by atoms with E-state index in [1.807, 2.05) is 6.07 Å². The molecule has 0 saturated heterocycles. The standard InChI is InChI=1S/C24H28O4/c1-15(2)5-4-6-16(3)7-10-20-21(26)11-18(12-22(20)27)23-13-17-8-9-19(25)14-24(17)28-23/h5,7-9,11-12,14,23,25-27H,4,6,10,13H2,1-3H3/t23-/m0/s1. The van der Waals surface area contributed by atoms with Crippen molar-refractivity contribution < 1.29 is 20.1 Å². The van der Waals surface area contributed by atoms with Crippen LogP contribution in [-0.2, 0) is 12.8 Å². The van der Waals surface area contributed by atoms with Crippen molar-refractivity contribution in [1.29, 1.82) is 0 Å². The van der Waals surface area contributed by atoms with Crippen molar-refractivity contribution in [3.8, 4) is 23.0 Å². The second-order valence-electron chi connectivity index (χ2n) is 7.72. The second kappa shape index (κ2) is 8.42. The quantitative estimate of drug-likeness (QED) is 0.561. The Morgan fingerprint density at radius 1 is 1.04 bits per heavy atom. The molecular weight excluding hydrogens is 352 g/mol. The van der Waals surface area contributed by atoms with Crippen LogP contribution in [0.4, 0.5) is 0 Å². The third-order valence-corrected chi connectivity index (χ3v) is 5.07. The molecule has 0 amide bonds. The van der Waals surface area contributed by atoms with Crippen LogP contribution in [0, 0.1) is 0 Å². The maximum absolute atomic E-state index is 10.5. The van der Waals surface area contributed by atoms with Gasteiger partial charge in [0.2, 0.25) is 0 Å². The third-order valence-electron chi connectivity index (χ3n) is 5.07. The van der Waals surface area contributed by atoms with Gasteiger partial charge in [-0.2, -0.15) is 0 Å². The van der Waals surface area contributed by atoms with Gasteiger partial charge in [-0.3, -0.25) is 0 Å². The topological polar surface area (TPSA) is 69.9 Å². The van der Waals surface area contributed by atoms with Crippen molar-refractivity contribution in [3.63, 3.8) is 0 Å². The highest BCUT2D eigenvalue weighted by Crippen LogP contribution is 2.41. The van der Waals surface area contributed by atoms with Crippen LogP contribution in [0.15, 0.2) is 53.6 Å². The van der Waals surface area contributed by atoms with E-state index >= 15 is 0 Å². The molecule has 0 spiro atoms. The fourth-order valence-electron chi connectivity index (χ4n) is 3.43. The minimum Gasteiger partial charge on any atom is -0.508 e. The zero-order chi connectivity index (χ0) is 20.3. The average molecular weight is 380 g/mol. The summed E-state index contributed by atoms with van der Waals surface area (Å²) in [5.41, 5.74) is 4.79. The van der Waals surface area contributed by atoms with E-state index < -0.39 is 0 Å². The predicted molar refractivity (Wildman–Crippen MR) is 111 cm³/mol. The molecule has 2 aromatic carbocycles. The number of allylic oxidation sites excluding steroid dienone is 4. The van der Waals surface area contributed by atoms with E-state index in [9.17, 15) is 15.3 Å². The van der Waals surface area contributed by atoms with E-state index in [-0.39, 0.29) is 23.4 Å². The Hall–Kier alpha value is -2.88. The first-order chi connectivity index (χ1) is 13.3. The molecule has 148 valence electrons. The number of hydrogen-bond acceptors (Lipinski definition) is 4. The van der Waals surface area contributed by atoms with Gasteiger partial charge in [0.25, 0.3) is 0 Å². The molecule has 0 aliphatic carbocycles. The molecule has 4 heteroatoms. The SMILES string of the molecule is CC(C)=CCCC(C)=CCc1c(O)cc([C@@H]2Cc3ccc(O)cc3O2)cc1O. The van der Waals surface area contributed by atoms with Crippen LogP contribution in [0.1, 0.15) is 56.4 Å². The maximum Gasteiger partial charge on any atom is 0.128 e. The van der Waals surface area contributed by atoms with Crippen LogP contribution in [0.5, 0.6) is 23.0 Å². The number of phenolic OH excluding ortho intramolecular Hbond substituents is 3. The highest BCUT2D eigenvalue weighted by Gasteiger charge is 2.26. The number of rotatable bonds is 6. The highest BCUT2D eigenvalue weighted by molar-refractivity contribution is 5.50. The van der Waals surface area contributed by atoms with Gasteiger partial charge in [-0.25, -0.2) is 0 Å². The molecule has 0 unspecified atom stereocenters. The summed E-state index contributed by atoms with van der Waals surface area (Å²) in [5.74, 6) is 0.951. The molecule has 2 aromatic rings. The minimum atomic E-state index is -0.288. The van der Waals surface area contributed by atoms with E-state index in [0.29, 0.717) is 24.2 Å². The lowest BCUT2D eigenvalue weighted by Gasteiger charge is -2.14. The van der Waals surface area contributed by atoms with Crippen molar-refractivity contribution in [1.82, 2.24) is 0 Å². The Kier molecular flexibility index (Phi) is 5.98. The number of aromatic hydroxyl groups is 3. The Balaban J connectivity index is 1.71. The molecule has 1 atom stereocenters. The molecule has 0 saturated carbocycles. The third kappa shape index (κ3) is 4.69. The zero-order valence-electron chi connectivity index (χ0n) is 16.7. The van der Waals surface area contributed by atoms with Crippen molar-refractivity contribution in [2.75, 3.05) is 0 Å². The van der Waals surface area contributed by atoms with Gasteiger partial charge in [0.15, 0.2) is 0 Å². The summed E-state index contributed by atoms with van der Waals surface area (Å²) in [7, 11) is 0. The molecule has 4 nitrogen and oxygen atoms in total. The molecule has 3 rings (SSSR count). The van der Waals surface area contributed by atoms with E-state index in [0.717, 1.165) is 24.0 Å². The number of phenols is 3. The van der Waals surface area contributed by atoms with Gasteiger partial charge in [0, 0.05) is 18.1 Å². The average Bonchev–Trinajstić information content (AvgIpc) is 3.03. The fraction of sp³-hybridized carbons (Fsp3) is 0.333. The lowest BCUT2D eigenvalue weighted by molar-refractivity contribution is 0.237. The molecule has 3 N–H and O–H groups in total. The number of ether oxygens (including phenoxy) is 1. The Morgan fingerprint density at radius 3 is 2.43 bits per heavy atom. The smallest absolute Gasteiger partial charge is 0.128 e. The normalized spacial score (nSPS) is 15.8. The van der Waals surface area contributed by atoms with Crippen LogP contribution in [-0.4, -0.2) is 15.3 Å². The highest BCUT2D eigenvalue weighted by atomic mass is 16.5. The predicted octanol–water partition coefficient (Wildman–Crippen LogP) is 5.71. The first kappa shape index (κ1) is 19.9. The minimum absolute atomic E-state index is 0.0748. The second-order valence-corrected chi connectivity index (χ2v) is 7.72. The van der Waals surface area contributed by atoms with Gasteiger partial charge < -0.3 is 20.1 Å². The Bertz CT molecular complexity index is 897. The van der Waals surface area contributed by atoms with Crippen LogP contribution < -0.4 is 4.74 Å². The number of fused-ring (bicyclic) bond motifs is 1. The fourth-order valence-corrected chi connectivity index (χ4v) is 3.43. The van der Waals surface area contributed by atoms with Crippen molar-refractivity contribution >= 4 is 0 Å². The zero-order valence-corrected chi connectivity index (χ0v) is 16.7. The lowest BCUT2D eigenvalue weighted by Crippen LogP contribution is -2.03. The first-order valence-corrected chi connectivity index (χ1v) is 9.65. The van der Waals surface area contributed by atoms with Gasteiger partial charge in [-0.15, -0.1) is 0 Å². The molecule has 0 aromatic heterocycles. The summed E-state index contributed by atoms with van der Waals surface area (Å²) in [6, 6.07) is 8.39. The van der Waals surface area contributed by atoms with E-state index in [1.165, 1.54) is 11.1 Å². The molecule has 1 heterocycles. The monoisotopic (exact) mass is 380 g/mol. The first-order valence-electron chi connectivity index (χ1n) is 9.65. The number of benzene rings is 2. The van der Waals surface area contributed by atoms with E-state index in [2.05, 4.69) is 32.9 Å².